The fourth-order valence-corrected chi connectivity index (χ4v) is 10.2. The van der Waals surface area contributed by atoms with Crippen molar-refractivity contribution in [1.82, 2.24) is 4.57 Å². The molecule has 0 saturated carbocycles. The molecule has 344 valence electrons. The van der Waals surface area contributed by atoms with E-state index >= 15 is 0 Å². The van der Waals surface area contributed by atoms with Crippen molar-refractivity contribution in [1.29, 1.82) is 0 Å². The smallest absolute Gasteiger partial charge is 0.143 e. The second-order valence-corrected chi connectivity index (χ2v) is 18.2. The van der Waals surface area contributed by atoms with E-state index in [1.54, 1.807) is 0 Å². The summed E-state index contributed by atoms with van der Waals surface area (Å²) in [4.78, 5) is 4.58. The highest BCUT2D eigenvalue weighted by molar-refractivity contribution is 6.10. The Balaban J connectivity index is 0.000000220. The molecule has 4 nitrogen and oxygen atoms in total. The van der Waals surface area contributed by atoms with Gasteiger partial charge in [-0.2, -0.15) is 0 Å². The molecule has 4 heteroatoms. The summed E-state index contributed by atoms with van der Waals surface area (Å²) in [6.45, 7) is 2.14. The molecule has 13 aromatic rings. The Morgan fingerprint density at radius 1 is 0.347 bits per heavy atom. The molecule has 0 radical (unpaired) electrons. The number of aryl methyl sites for hydroxylation is 1. The van der Waals surface area contributed by atoms with E-state index < -0.39 is 0 Å². The molecule has 0 unspecified atom stereocenters. The summed E-state index contributed by atoms with van der Waals surface area (Å²) in [6.07, 6.45) is 0. The lowest BCUT2D eigenvalue weighted by molar-refractivity contribution is 0.670. The van der Waals surface area contributed by atoms with Crippen molar-refractivity contribution in [3.63, 3.8) is 0 Å². The van der Waals surface area contributed by atoms with Gasteiger partial charge in [0.1, 0.15) is 11.2 Å². The standard InChI is InChI=1S/C49H36N2O.C19H15N/c1-50(47-24-10-8-20-43(47)36-14-4-2-5-15-36)42-19-12-16-38(34-42)35-26-30-40(31-27-35)51(39-17-6-3-7-18-39)41-32-28-37(29-33-41)44-22-13-23-46-45-21-9-11-25-48(45)52-49(44)46;1-14-7-6-8-15(13-14)20-18-11-4-2-9-16(18)17-10-3-5-12-19(17)20/h2-34H,1H3;2-13H,1H3. The topological polar surface area (TPSA) is 24.6 Å². The van der Waals surface area contributed by atoms with Crippen LogP contribution in [0.2, 0.25) is 0 Å². The molecule has 0 aliphatic heterocycles. The van der Waals surface area contributed by atoms with Gasteiger partial charge in [0.25, 0.3) is 0 Å². The van der Waals surface area contributed by atoms with Crippen LogP contribution in [0.25, 0.3) is 82.8 Å². The molecule has 11 aromatic carbocycles. The number of aromatic nitrogens is 1. The monoisotopic (exact) mass is 925 g/mol. The molecule has 0 saturated heterocycles. The van der Waals surface area contributed by atoms with Gasteiger partial charge in [0.05, 0.1) is 11.0 Å². The molecule has 0 fully saturated rings. The minimum Gasteiger partial charge on any atom is -0.455 e. The van der Waals surface area contributed by atoms with Crippen LogP contribution in [0.3, 0.4) is 0 Å². The predicted octanol–water partition coefficient (Wildman–Crippen LogP) is 18.9. The predicted molar refractivity (Wildman–Crippen MR) is 305 cm³/mol. The van der Waals surface area contributed by atoms with E-state index in [9.17, 15) is 0 Å². The number of benzene rings is 11. The van der Waals surface area contributed by atoms with Crippen molar-refractivity contribution in [2.75, 3.05) is 16.8 Å². The minimum absolute atomic E-state index is 0.910. The Kier molecular flexibility index (Phi) is 11.7. The van der Waals surface area contributed by atoms with Crippen LogP contribution in [-0.2, 0) is 0 Å². The van der Waals surface area contributed by atoms with E-state index in [0.717, 1.165) is 61.4 Å². The number of hydrogen-bond donors (Lipinski definition) is 0. The second-order valence-electron chi connectivity index (χ2n) is 18.2. The number of nitrogens with zero attached hydrogens (tertiary/aromatic N) is 3. The molecule has 72 heavy (non-hydrogen) atoms. The summed E-state index contributed by atoms with van der Waals surface area (Å²) in [6, 6.07) is 96.7. The van der Waals surface area contributed by atoms with Crippen LogP contribution < -0.4 is 9.80 Å². The van der Waals surface area contributed by atoms with E-state index in [1.807, 2.05) is 12.1 Å². The third kappa shape index (κ3) is 8.35. The van der Waals surface area contributed by atoms with Crippen LogP contribution in [0.4, 0.5) is 28.4 Å². The summed E-state index contributed by atoms with van der Waals surface area (Å²) in [7, 11) is 2.14. The lowest BCUT2D eigenvalue weighted by Crippen LogP contribution is -2.10. The lowest BCUT2D eigenvalue weighted by atomic mass is 10.0. The molecule has 13 rings (SSSR count). The van der Waals surface area contributed by atoms with E-state index in [-0.39, 0.29) is 0 Å². The fourth-order valence-electron chi connectivity index (χ4n) is 10.2. The molecule has 2 aromatic heterocycles. The summed E-state index contributed by atoms with van der Waals surface area (Å²) in [5.74, 6) is 0. The van der Waals surface area contributed by atoms with Gasteiger partial charge in [-0.3, -0.25) is 0 Å². The number of hydrogen-bond acceptors (Lipinski definition) is 3. The molecule has 0 amide bonds. The first-order chi connectivity index (χ1) is 35.6. The Hall–Kier alpha value is -9.38. The maximum Gasteiger partial charge on any atom is 0.143 e. The lowest BCUT2D eigenvalue weighted by Gasteiger charge is -2.26. The SMILES string of the molecule is CN(c1cccc(-c2ccc(N(c3ccccc3)c3ccc(-c4cccc5c4oc4ccccc45)cc3)cc2)c1)c1ccccc1-c1ccccc1.Cc1cccc(-n2c3ccccc3c3ccccc32)c1. The maximum atomic E-state index is 6.36. The molecular formula is C68H51N3O. The van der Waals surface area contributed by atoms with Gasteiger partial charge in [-0.25, -0.2) is 0 Å². The van der Waals surface area contributed by atoms with Gasteiger partial charge in [0.2, 0.25) is 0 Å². The highest BCUT2D eigenvalue weighted by Crippen LogP contribution is 2.41. The molecule has 0 aliphatic carbocycles. The van der Waals surface area contributed by atoms with Crippen molar-refractivity contribution in [2.24, 2.45) is 0 Å². The largest absolute Gasteiger partial charge is 0.455 e. The van der Waals surface area contributed by atoms with E-state index in [1.165, 1.54) is 55.4 Å². The van der Waals surface area contributed by atoms with Crippen molar-refractivity contribution >= 4 is 72.2 Å². The highest BCUT2D eigenvalue weighted by Gasteiger charge is 2.17. The first kappa shape index (κ1) is 43.9. The van der Waals surface area contributed by atoms with Crippen LogP contribution in [-0.4, -0.2) is 11.6 Å². The summed E-state index contributed by atoms with van der Waals surface area (Å²) in [5, 5.41) is 4.90. The Labute approximate surface area is 420 Å². The first-order valence-electron chi connectivity index (χ1n) is 24.6. The van der Waals surface area contributed by atoms with Crippen LogP contribution in [0.5, 0.6) is 0 Å². The van der Waals surface area contributed by atoms with E-state index in [0.29, 0.717) is 0 Å². The average molecular weight is 926 g/mol. The number of fused-ring (bicyclic) bond motifs is 6. The number of furan rings is 1. The zero-order valence-corrected chi connectivity index (χ0v) is 40.2. The molecular weight excluding hydrogens is 875 g/mol. The molecule has 0 bridgehead atoms. The minimum atomic E-state index is 0.910. The van der Waals surface area contributed by atoms with Crippen molar-refractivity contribution in [2.45, 2.75) is 6.92 Å². The van der Waals surface area contributed by atoms with Crippen LogP contribution in [0.1, 0.15) is 5.56 Å². The van der Waals surface area contributed by atoms with Crippen LogP contribution in [0, 0.1) is 6.92 Å². The van der Waals surface area contributed by atoms with Gasteiger partial charge in [0.15, 0.2) is 0 Å². The Morgan fingerprint density at radius 2 is 0.847 bits per heavy atom. The quantitative estimate of drug-likeness (QED) is 0.144. The summed E-state index contributed by atoms with van der Waals surface area (Å²) in [5.41, 5.74) is 19.4. The van der Waals surface area contributed by atoms with Gasteiger partial charge in [-0.05, 0) is 120 Å². The third-order valence-electron chi connectivity index (χ3n) is 13.7. The zero-order chi connectivity index (χ0) is 48.4. The molecule has 0 spiro atoms. The van der Waals surface area contributed by atoms with Crippen molar-refractivity contribution in [3.05, 3.63) is 279 Å². The van der Waals surface area contributed by atoms with Crippen molar-refractivity contribution in [3.8, 4) is 39.1 Å². The number of anilines is 5. The Bertz CT molecular complexity index is 3950. The van der Waals surface area contributed by atoms with Gasteiger partial charge < -0.3 is 18.8 Å². The molecule has 0 aliphatic rings. The third-order valence-corrected chi connectivity index (χ3v) is 13.7. The molecule has 0 atom stereocenters. The van der Waals surface area contributed by atoms with Gasteiger partial charge >= 0.3 is 0 Å². The number of rotatable bonds is 9. The van der Waals surface area contributed by atoms with Gasteiger partial charge in [-0.15, -0.1) is 0 Å². The van der Waals surface area contributed by atoms with E-state index in [4.69, 9.17) is 4.42 Å². The fraction of sp³-hybridized carbons (Fsp3) is 0.0294. The van der Waals surface area contributed by atoms with Gasteiger partial charge in [-0.1, -0.05) is 188 Å². The first-order valence-corrected chi connectivity index (χ1v) is 24.6. The molecule has 0 N–H and O–H groups in total. The zero-order valence-electron chi connectivity index (χ0n) is 40.2. The van der Waals surface area contributed by atoms with Crippen LogP contribution in [0.15, 0.2) is 277 Å². The maximum absolute atomic E-state index is 6.36. The van der Waals surface area contributed by atoms with Crippen molar-refractivity contribution < 1.29 is 4.42 Å². The van der Waals surface area contributed by atoms with Gasteiger partial charge in [0, 0.05) is 73.8 Å². The van der Waals surface area contributed by atoms with Crippen LogP contribution >= 0.6 is 0 Å². The average Bonchev–Trinajstić information content (AvgIpc) is 4.00. The molecule has 2 heterocycles. The summed E-state index contributed by atoms with van der Waals surface area (Å²) >= 11 is 0. The highest BCUT2D eigenvalue weighted by atomic mass is 16.3. The second kappa shape index (κ2) is 19.2. The normalized spacial score (nSPS) is 11.2. The Morgan fingerprint density at radius 3 is 1.56 bits per heavy atom. The van der Waals surface area contributed by atoms with E-state index in [2.05, 4.69) is 289 Å². The summed E-state index contributed by atoms with van der Waals surface area (Å²) < 4.78 is 8.70. The number of para-hydroxylation sites is 6.